The van der Waals surface area contributed by atoms with Gasteiger partial charge in [0.2, 0.25) is 17.6 Å². The summed E-state index contributed by atoms with van der Waals surface area (Å²) in [6, 6.07) is 7.74. The van der Waals surface area contributed by atoms with Crippen LogP contribution in [0.5, 0.6) is 0 Å². The van der Waals surface area contributed by atoms with Crippen LogP contribution in [0, 0.1) is 0 Å². The topological polar surface area (TPSA) is 80.9 Å². The number of aromatic nitrogens is 3. The van der Waals surface area contributed by atoms with Crippen LogP contribution in [-0.4, -0.2) is 21.0 Å². The van der Waals surface area contributed by atoms with Crippen LogP contribution in [0.3, 0.4) is 0 Å². The van der Waals surface area contributed by atoms with Crippen molar-refractivity contribution in [2.45, 2.75) is 19.0 Å². The fourth-order valence-electron chi connectivity index (χ4n) is 2.16. The average Bonchev–Trinajstić information content (AvgIpc) is 3.09. The van der Waals surface area contributed by atoms with Crippen LogP contribution in [0.4, 0.5) is 18.9 Å². The highest BCUT2D eigenvalue weighted by Gasteiger charge is 2.29. The van der Waals surface area contributed by atoms with Gasteiger partial charge in [-0.25, -0.2) is 0 Å². The van der Waals surface area contributed by atoms with E-state index in [0.717, 1.165) is 12.1 Å². The standard InChI is InChI=1S/C17H13F3N4O2/c18-17(19,20)12-3-5-13(6-4-12)22-14(25)7-8-15-23-16(24-26-15)11-2-1-9-21-10-11/h1-6,9-10H,7-8H2,(H,22,25). The Balaban J connectivity index is 1.54. The number of aryl methyl sites for hydroxylation is 1. The highest BCUT2D eigenvalue weighted by molar-refractivity contribution is 5.90. The molecule has 2 aromatic heterocycles. The molecule has 9 heteroatoms. The zero-order valence-corrected chi connectivity index (χ0v) is 13.3. The van der Waals surface area contributed by atoms with Crippen molar-refractivity contribution in [3.63, 3.8) is 0 Å². The minimum Gasteiger partial charge on any atom is -0.339 e. The molecule has 0 atom stereocenters. The summed E-state index contributed by atoms with van der Waals surface area (Å²) >= 11 is 0. The van der Waals surface area contributed by atoms with Crippen LogP contribution in [0.15, 0.2) is 53.3 Å². The molecule has 0 radical (unpaired) electrons. The van der Waals surface area contributed by atoms with E-state index in [4.69, 9.17) is 4.52 Å². The number of pyridine rings is 1. The third kappa shape index (κ3) is 4.44. The molecule has 0 spiro atoms. The van der Waals surface area contributed by atoms with Crippen LogP contribution >= 0.6 is 0 Å². The molecule has 0 fully saturated rings. The fourth-order valence-corrected chi connectivity index (χ4v) is 2.16. The van der Waals surface area contributed by atoms with E-state index in [2.05, 4.69) is 20.4 Å². The average molecular weight is 362 g/mol. The molecule has 2 heterocycles. The molecule has 1 aromatic carbocycles. The predicted octanol–water partition coefficient (Wildman–Crippen LogP) is 3.72. The fraction of sp³-hybridized carbons (Fsp3) is 0.176. The maximum absolute atomic E-state index is 12.5. The Kier molecular flexibility index (Phi) is 4.97. The van der Waals surface area contributed by atoms with E-state index < -0.39 is 11.7 Å². The van der Waals surface area contributed by atoms with Crippen molar-refractivity contribution in [2.75, 3.05) is 5.32 Å². The van der Waals surface area contributed by atoms with Gasteiger partial charge in [0.05, 0.1) is 5.56 Å². The van der Waals surface area contributed by atoms with Crippen molar-refractivity contribution in [2.24, 2.45) is 0 Å². The summed E-state index contributed by atoms with van der Waals surface area (Å²) in [7, 11) is 0. The molecule has 0 aliphatic heterocycles. The molecule has 3 rings (SSSR count). The van der Waals surface area contributed by atoms with Crippen LogP contribution in [-0.2, 0) is 17.4 Å². The Bertz CT molecular complexity index is 877. The summed E-state index contributed by atoms with van der Waals surface area (Å²) in [6.07, 6.45) is -0.941. The van der Waals surface area contributed by atoms with E-state index in [-0.39, 0.29) is 30.3 Å². The molecule has 0 saturated carbocycles. The second-order valence-corrected chi connectivity index (χ2v) is 5.38. The molecule has 1 amide bonds. The van der Waals surface area contributed by atoms with Crippen molar-refractivity contribution < 1.29 is 22.5 Å². The Labute approximate surface area is 146 Å². The first kappa shape index (κ1) is 17.6. The zero-order chi connectivity index (χ0) is 18.6. The maximum atomic E-state index is 12.5. The first-order valence-corrected chi connectivity index (χ1v) is 7.62. The van der Waals surface area contributed by atoms with Gasteiger partial charge in [-0.1, -0.05) is 5.16 Å². The molecule has 26 heavy (non-hydrogen) atoms. The van der Waals surface area contributed by atoms with Gasteiger partial charge in [0, 0.05) is 36.5 Å². The van der Waals surface area contributed by atoms with E-state index >= 15 is 0 Å². The number of alkyl halides is 3. The molecule has 0 aliphatic carbocycles. The molecule has 3 aromatic rings. The van der Waals surface area contributed by atoms with Gasteiger partial charge in [-0.15, -0.1) is 0 Å². The third-order valence-corrected chi connectivity index (χ3v) is 3.45. The Morgan fingerprint density at radius 1 is 1.15 bits per heavy atom. The minimum absolute atomic E-state index is 0.0513. The van der Waals surface area contributed by atoms with Gasteiger partial charge < -0.3 is 9.84 Å². The SMILES string of the molecule is O=C(CCc1nc(-c2cccnc2)no1)Nc1ccc(C(F)(F)F)cc1. The molecule has 1 N–H and O–H groups in total. The highest BCUT2D eigenvalue weighted by Crippen LogP contribution is 2.29. The van der Waals surface area contributed by atoms with Gasteiger partial charge in [-0.2, -0.15) is 18.2 Å². The molecule has 134 valence electrons. The lowest BCUT2D eigenvalue weighted by atomic mass is 10.2. The number of halogens is 3. The number of hydrogen-bond donors (Lipinski definition) is 1. The summed E-state index contributed by atoms with van der Waals surface area (Å²) in [5, 5.41) is 6.34. The summed E-state index contributed by atoms with van der Waals surface area (Å²) in [4.78, 5) is 20.0. The first-order valence-electron chi connectivity index (χ1n) is 7.62. The number of amides is 1. The van der Waals surface area contributed by atoms with Crippen molar-refractivity contribution >= 4 is 11.6 Å². The van der Waals surface area contributed by atoms with Gasteiger partial charge in [0.15, 0.2) is 0 Å². The van der Waals surface area contributed by atoms with Crippen LogP contribution in [0.25, 0.3) is 11.4 Å². The summed E-state index contributed by atoms with van der Waals surface area (Å²) in [5.74, 6) is 0.286. The van der Waals surface area contributed by atoms with Crippen molar-refractivity contribution in [1.82, 2.24) is 15.1 Å². The number of nitrogens with zero attached hydrogens (tertiary/aromatic N) is 3. The lowest BCUT2D eigenvalue weighted by Crippen LogP contribution is -2.13. The number of benzene rings is 1. The van der Waals surface area contributed by atoms with Gasteiger partial charge in [-0.05, 0) is 36.4 Å². The lowest BCUT2D eigenvalue weighted by Gasteiger charge is -2.08. The Morgan fingerprint density at radius 3 is 2.58 bits per heavy atom. The molecule has 0 aliphatic rings. The molecule has 0 saturated heterocycles. The Morgan fingerprint density at radius 2 is 1.92 bits per heavy atom. The second kappa shape index (κ2) is 7.34. The van der Waals surface area contributed by atoms with E-state index in [0.29, 0.717) is 11.4 Å². The van der Waals surface area contributed by atoms with Crippen molar-refractivity contribution in [3.05, 3.63) is 60.2 Å². The number of carbonyl (C=O) groups excluding carboxylic acids is 1. The lowest BCUT2D eigenvalue weighted by molar-refractivity contribution is -0.137. The van der Waals surface area contributed by atoms with Crippen molar-refractivity contribution in [1.29, 1.82) is 0 Å². The normalized spacial score (nSPS) is 11.3. The molecular formula is C17H13F3N4O2. The van der Waals surface area contributed by atoms with Crippen LogP contribution in [0.1, 0.15) is 17.9 Å². The zero-order valence-electron chi connectivity index (χ0n) is 13.3. The summed E-state index contributed by atoms with van der Waals surface area (Å²) in [5.41, 5.74) is 0.200. The van der Waals surface area contributed by atoms with E-state index in [1.165, 1.54) is 12.1 Å². The van der Waals surface area contributed by atoms with Crippen molar-refractivity contribution in [3.8, 4) is 11.4 Å². The predicted molar refractivity (Wildman–Crippen MR) is 85.9 cm³/mol. The first-order chi connectivity index (χ1) is 12.4. The number of rotatable bonds is 5. The van der Waals surface area contributed by atoms with Crippen LogP contribution < -0.4 is 5.32 Å². The maximum Gasteiger partial charge on any atom is 0.416 e. The number of anilines is 1. The molecular weight excluding hydrogens is 349 g/mol. The second-order valence-electron chi connectivity index (χ2n) is 5.38. The quantitative estimate of drug-likeness (QED) is 0.748. The van der Waals surface area contributed by atoms with Crippen LogP contribution in [0.2, 0.25) is 0 Å². The molecule has 6 nitrogen and oxygen atoms in total. The summed E-state index contributed by atoms with van der Waals surface area (Å²) < 4.78 is 42.6. The summed E-state index contributed by atoms with van der Waals surface area (Å²) in [6.45, 7) is 0. The largest absolute Gasteiger partial charge is 0.416 e. The van der Waals surface area contributed by atoms with Gasteiger partial charge in [-0.3, -0.25) is 9.78 Å². The smallest absolute Gasteiger partial charge is 0.339 e. The monoisotopic (exact) mass is 362 g/mol. The molecule has 0 bridgehead atoms. The minimum atomic E-state index is -4.41. The highest BCUT2D eigenvalue weighted by atomic mass is 19.4. The van der Waals surface area contributed by atoms with Gasteiger partial charge in [0.25, 0.3) is 0 Å². The third-order valence-electron chi connectivity index (χ3n) is 3.45. The van der Waals surface area contributed by atoms with E-state index in [1.807, 2.05) is 0 Å². The number of carbonyl (C=O) groups is 1. The van der Waals surface area contributed by atoms with Gasteiger partial charge in [0.1, 0.15) is 0 Å². The molecule has 0 unspecified atom stereocenters. The Hall–Kier alpha value is -3.23. The number of nitrogens with one attached hydrogen (secondary N) is 1. The van der Waals surface area contributed by atoms with E-state index in [9.17, 15) is 18.0 Å². The number of hydrogen-bond acceptors (Lipinski definition) is 5. The van der Waals surface area contributed by atoms with Gasteiger partial charge >= 0.3 is 6.18 Å². The van der Waals surface area contributed by atoms with E-state index in [1.54, 1.807) is 24.5 Å².